The molecule has 1 rings (SSSR count). The van der Waals surface area contributed by atoms with Crippen molar-refractivity contribution in [2.24, 2.45) is 5.92 Å². The molecular weight excluding hydrogens is 237 g/mol. The van der Waals surface area contributed by atoms with E-state index in [-0.39, 0.29) is 18.8 Å². The molecule has 0 bridgehead atoms. The Bertz CT molecular complexity index is 468. The van der Waals surface area contributed by atoms with Crippen LogP contribution in [0.2, 0.25) is 0 Å². The second-order valence-electron chi connectivity index (χ2n) is 3.61. The molecule has 1 aromatic carbocycles. The predicted molar refractivity (Wildman–Crippen MR) is 62.4 cm³/mol. The first-order valence-electron chi connectivity index (χ1n) is 5.51. The molecule has 5 heteroatoms. The number of methoxy groups -OCH3 is 1. The van der Waals surface area contributed by atoms with Crippen LogP contribution < -0.4 is 4.74 Å². The van der Waals surface area contributed by atoms with Crippen molar-refractivity contribution < 1.29 is 18.7 Å². The number of halogens is 1. The van der Waals surface area contributed by atoms with E-state index in [1.165, 1.54) is 19.2 Å². The van der Waals surface area contributed by atoms with Gasteiger partial charge in [-0.1, -0.05) is 6.07 Å². The lowest BCUT2D eigenvalue weighted by atomic mass is 10.0. The summed E-state index contributed by atoms with van der Waals surface area (Å²) in [5.41, 5.74) is 0.549. The molecule has 0 aliphatic heterocycles. The summed E-state index contributed by atoms with van der Waals surface area (Å²) < 4.78 is 23.0. The Hall–Kier alpha value is -2.09. The van der Waals surface area contributed by atoms with Gasteiger partial charge in [0.25, 0.3) is 0 Å². The summed E-state index contributed by atoms with van der Waals surface area (Å²) in [6, 6.07) is 6.19. The molecule has 0 aliphatic carbocycles. The van der Waals surface area contributed by atoms with E-state index in [2.05, 4.69) is 0 Å². The van der Waals surface area contributed by atoms with Gasteiger partial charge in [0.1, 0.15) is 5.92 Å². The molecule has 4 nitrogen and oxygen atoms in total. The fourth-order valence-corrected chi connectivity index (χ4v) is 1.50. The van der Waals surface area contributed by atoms with Gasteiger partial charge in [-0.3, -0.25) is 4.79 Å². The summed E-state index contributed by atoms with van der Waals surface area (Å²) >= 11 is 0. The molecule has 0 saturated heterocycles. The fourth-order valence-electron chi connectivity index (χ4n) is 1.50. The zero-order chi connectivity index (χ0) is 13.5. The maximum absolute atomic E-state index is 13.4. The van der Waals surface area contributed by atoms with E-state index in [0.29, 0.717) is 5.56 Å². The molecule has 0 saturated carbocycles. The Morgan fingerprint density at radius 3 is 2.78 bits per heavy atom. The van der Waals surface area contributed by atoms with Gasteiger partial charge in [0.15, 0.2) is 11.6 Å². The summed E-state index contributed by atoms with van der Waals surface area (Å²) in [7, 11) is 1.37. The van der Waals surface area contributed by atoms with Crippen molar-refractivity contribution in [2.75, 3.05) is 13.7 Å². The van der Waals surface area contributed by atoms with E-state index in [4.69, 9.17) is 14.7 Å². The minimum atomic E-state index is -0.919. The van der Waals surface area contributed by atoms with Crippen LogP contribution in [0.3, 0.4) is 0 Å². The van der Waals surface area contributed by atoms with Gasteiger partial charge in [-0.25, -0.2) is 4.39 Å². The normalized spacial score (nSPS) is 11.4. The molecule has 96 valence electrons. The van der Waals surface area contributed by atoms with Gasteiger partial charge < -0.3 is 9.47 Å². The summed E-state index contributed by atoms with van der Waals surface area (Å²) in [5, 5.41) is 8.89. The number of carbonyl (C=O) groups excluding carboxylic acids is 1. The molecule has 1 aromatic rings. The molecule has 18 heavy (non-hydrogen) atoms. The van der Waals surface area contributed by atoms with Crippen LogP contribution in [0.1, 0.15) is 12.5 Å². The average molecular weight is 251 g/mol. The lowest BCUT2D eigenvalue weighted by Gasteiger charge is -2.09. The number of carbonyl (C=O) groups is 1. The smallest absolute Gasteiger partial charge is 0.323 e. The van der Waals surface area contributed by atoms with E-state index in [9.17, 15) is 9.18 Å². The number of benzene rings is 1. The molecule has 0 aliphatic rings. The third kappa shape index (κ3) is 3.45. The van der Waals surface area contributed by atoms with Crippen LogP contribution in [0.15, 0.2) is 18.2 Å². The van der Waals surface area contributed by atoms with Crippen molar-refractivity contribution in [1.29, 1.82) is 5.26 Å². The highest BCUT2D eigenvalue weighted by Crippen LogP contribution is 2.19. The number of nitrogens with zero attached hydrogens (tertiary/aromatic N) is 1. The van der Waals surface area contributed by atoms with Gasteiger partial charge in [0.2, 0.25) is 0 Å². The average Bonchev–Trinajstić information content (AvgIpc) is 2.36. The third-order valence-electron chi connectivity index (χ3n) is 2.38. The molecule has 0 spiro atoms. The van der Waals surface area contributed by atoms with Crippen LogP contribution in [-0.4, -0.2) is 19.7 Å². The first kappa shape index (κ1) is 14.0. The Labute approximate surface area is 105 Å². The van der Waals surface area contributed by atoms with Crippen molar-refractivity contribution in [3.63, 3.8) is 0 Å². The van der Waals surface area contributed by atoms with Crippen molar-refractivity contribution in [3.05, 3.63) is 29.6 Å². The number of ether oxygens (including phenoxy) is 2. The highest BCUT2D eigenvalue weighted by molar-refractivity contribution is 5.75. The Kier molecular flexibility index (Phi) is 5.12. The van der Waals surface area contributed by atoms with Gasteiger partial charge in [0, 0.05) is 0 Å². The van der Waals surface area contributed by atoms with Gasteiger partial charge in [0.05, 0.1) is 19.8 Å². The van der Waals surface area contributed by atoms with Crippen LogP contribution in [-0.2, 0) is 16.0 Å². The lowest BCUT2D eigenvalue weighted by molar-refractivity contribution is -0.145. The fraction of sp³-hybridized carbons (Fsp3) is 0.385. The maximum atomic E-state index is 13.4. The SMILES string of the molecule is CCOC(=O)C(C#N)Cc1ccc(OC)c(F)c1. The number of rotatable bonds is 5. The summed E-state index contributed by atoms with van der Waals surface area (Å²) in [5.74, 6) is -1.90. The van der Waals surface area contributed by atoms with Crippen LogP contribution in [0.4, 0.5) is 4.39 Å². The first-order valence-corrected chi connectivity index (χ1v) is 5.51. The molecule has 0 amide bonds. The van der Waals surface area contributed by atoms with E-state index in [1.54, 1.807) is 13.0 Å². The van der Waals surface area contributed by atoms with Crippen molar-refractivity contribution in [2.45, 2.75) is 13.3 Å². The van der Waals surface area contributed by atoms with E-state index in [1.807, 2.05) is 6.07 Å². The summed E-state index contributed by atoms with van der Waals surface area (Å²) in [6.07, 6.45) is 0.121. The molecule has 1 atom stereocenters. The topological polar surface area (TPSA) is 59.3 Å². The van der Waals surface area contributed by atoms with Crippen LogP contribution in [0, 0.1) is 23.1 Å². The van der Waals surface area contributed by atoms with Gasteiger partial charge >= 0.3 is 5.97 Å². The molecule has 0 N–H and O–H groups in total. The Morgan fingerprint density at radius 1 is 1.56 bits per heavy atom. The first-order chi connectivity index (χ1) is 8.62. The maximum Gasteiger partial charge on any atom is 0.323 e. The van der Waals surface area contributed by atoms with Gasteiger partial charge in [-0.05, 0) is 31.0 Å². The molecule has 0 aromatic heterocycles. The number of hydrogen-bond donors (Lipinski definition) is 0. The number of esters is 1. The number of hydrogen-bond acceptors (Lipinski definition) is 4. The van der Waals surface area contributed by atoms with Crippen molar-refractivity contribution in [3.8, 4) is 11.8 Å². The molecular formula is C13H14FNO3. The number of nitriles is 1. The molecule has 0 fully saturated rings. The van der Waals surface area contributed by atoms with Crippen LogP contribution in [0.25, 0.3) is 0 Å². The minimum absolute atomic E-state index is 0.121. The zero-order valence-electron chi connectivity index (χ0n) is 10.3. The second-order valence-corrected chi connectivity index (χ2v) is 3.61. The van der Waals surface area contributed by atoms with Gasteiger partial charge in [-0.2, -0.15) is 5.26 Å². The van der Waals surface area contributed by atoms with E-state index < -0.39 is 17.7 Å². The van der Waals surface area contributed by atoms with Crippen LogP contribution in [0.5, 0.6) is 5.75 Å². The van der Waals surface area contributed by atoms with Crippen molar-refractivity contribution >= 4 is 5.97 Å². The van der Waals surface area contributed by atoms with Gasteiger partial charge in [-0.15, -0.1) is 0 Å². The standard InChI is InChI=1S/C13H14FNO3/c1-3-18-13(16)10(8-15)6-9-4-5-12(17-2)11(14)7-9/h4-5,7,10H,3,6H2,1-2H3. The van der Waals surface area contributed by atoms with E-state index >= 15 is 0 Å². The molecule has 0 heterocycles. The molecule has 1 unspecified atom stereocenters. The summed E-state index contributed by atoms with van der Waals surface area (Å²) in [6.45, 7) is 1.88. The van der Waals surface area contributed by atoms with E-state index in [0.717, 1.165) is 0 Å². The van der Waals surface area contributed by atoms with Crippen LogP contribution >= 0.6 is 0 Å². The predicted octanol–water partition coefficient (Wildman–Crippen LogP) is 2.08. The second kappa shape index (κ2) is 6.60. The zero-order valence-corrected chi connectivity index (χ0v) is 10.3. The highest BCUT2D eigenvalue weighted by Gasteiger charge is 2.20. The Morgan fingerprint density at radius 2 is 2.28 bits per heavy atom. The highest BCUT2D eigenvalue weighted by atomic mass is 19.1. The minimum Gasteiger partial charge on any atom is -0.494 e. The lowest BCUT2D eigenvalue weighted by Crippen LogP contribution is -2.18. The molecule has 0 radical (unpaired) electrons. The van der Waals surface area contributed by atoms with Crippen molar-refractivity contribution in [1.82, 2.24) is 0 Å². The quantitative estimate of drug-likeness (QED) is 0.752. The summed E-state index contributed by atoms with van der Waals surface area (Å²) in [4.78, 5) is 11.4. The largest absolute Gasteiger partial charge is 0.494 e. The third-order valence-corrected chi connectivity index (χ3v) is 2.38. The Balaban J connectivity index is 2.80. The monoisotopic (exact) mass is 251 g/mol.